The molecule has 0 N–H and O–H groups in total. The van der Waals surface area contributed by atoms with E-state index in [0.29, 0.717) is 22.0 Å². The van der Waals surface area contributed by atoms with Gasteiger partial charge in [0.25, 0.3) is 0 Å². The van der Waals surface area contributed by atoms with E-state index in [1.807, 2.05) is 13.2 Å². The van der Waals surface area contributed by atoms with Crippen molar-refractivity contribution in [3.05, 3.63) is 0 Å². The Morgan fingerprint density at radius 3 is 2.26 bits per heavy atom. The molecule has 4 fully saturated rings. The van der Waals surface area contributed by atoms with Crippen LogP contribution in [-0.2, 0) is 14.0 Å². The lowest BCUT2D eigenvalue weighted by Crippen LogP contribution is -2.59. The summed E-state index contributed by atoms with van der Waals surface area (Å²) >= 11 is 7.12. The molecule has 0 bridgehead atoms. The largest absolute Gasteiger partial charge is 0.473 e. The van der Waals surface area contributed by atoms with Crippen LogP contribution in [0.15, 0.2) is 0 Å². The number of fused-ring (bicyclic) bond motifs is 5. The van der Waals surface area contributed by atoms with Crippen molar-refractivity contribution in [2.24, 2.45) is 40.4 Å². The second-order valence-corrected chi connectivity index (χ2v) is 20.6. The molecule has 0 aromatic heterocycles. The number of thiocarbonyl (C=S) groups is 1. The van der Waals surface area contributed by atoms with Gasteiger partial charge in [-0.15, -0.1) is 0 Å². The maximum Gasteiger partial charge on any atom is 0.220 e. The van der Waals surface area contributed by atoms with Crippen molar-refractivity contribution in [3.63, 3.8) is 0 Å². The van der Waals surface area contributed by atoms with E-state index in [1.54, 1.807) is 11.8 Å². The molecule has 0 saturated heterocycles. The van der Waals surface area contributed by atoms with E-state index in [4.69, 9.17) is 21.4 Å². The Labute approximate surface area is 225 Å². The Morgan fingerprint density at radius 1 is 1.00 bits per heavy atom. The fraction of sp³-hybridized carbons (Fsp3) is 0.931. The molecule has 4 saturated carbocycles. The Balaban J connectivity index is 1.60. The summed E-state index contributed by atoms with van der Waals surface area (Å²) in [6, 6.07) is 0. The Hall–Kier alpha value is 0.0869. The first kappa shape index (κ1) is 28.1. The summed E-state index contributed by atoms with van der Waals surface area (Å²) in [6.45, 7) is 18.6. The van der Waals surface area contributed by atoms with E-state index in [9.17, 15) is 4.79 Å². The van der Waals surface area contributed by atoms with Gasteiger partial charge in [-0.05, 0) is 129 Å². The van der Waals surface area contributed by atoms with Crippen LogP contribution in [0.1, 0.15) is 92.9 Å². The van der Waals surface area contributed by atoms with Crippen molar-refractivity contribution >= 4 is 42.5 Å². The lowest BCUT2D eigenvalue weighted by molar-refractivity contribution is -0.155. The van der Waals surface area contributed by atoms with Gasteiger partial charge in [0.2, 0.25) is 4.38 Å². The number of carbonyl (C=O) groups excluding carboxylic acids is 1. The van der Waals surface area contributed by atoms with E-state index in [1.165, 1.54) is 32.1 Å². The van der Waals surface area contributed by atoms with Gasteiger partial charge in [0.05, 0.1) is 6.10 Å². The zero-order chi connectivity index (χ0) is 26.0. The van der Waals surface area contributed by atoms with Crippen LogP contribution in [0.2, 0.25) is 18.1 Å². The van der Waals surface area contributed by atoms with Crippen molar-refractivity contribution in [2.45, 2.75) is 123 Å². The highest BCUT2D eigenvalue weighted by Crippen LogP contribution is 2.68. The first-order valence-electron chi connectivity index (χ1n) is 14.1. The topological polar surface area (TPSA) is 35.5 Å². The average molecular weight is 539 g/mol. The van der Waals surface area contributed by atoms with Crippen molar-refractivity contribution in [3.8, 4) is 0 Å². The van der Waals surface area contributed by atoms with Gasteiger partial charge in [-0.25, -0.2) is 0 Å². The molecule has 4 aliphatic carbocycles. The highest BCUT2D eigenvalue weighted by Gasteiger charge is 2.62. The van der Waals surface area contributed by atoms with Gasteiger partial charge in [-0.1, -0.05) is 46.4 Å². The molecule has 0 aromatic rings. The van der Waals surface area contributed by atoms with Crippen LogP contribution in [0.5, 0.6) is 0 Å². The van der Waals surface area contributed by atoms with Gasteiger partial charge in [0.1, 0.15) is 11.9 Å². The summed E-state index contributed by atoms with van der Waals surface area (Å²) in [7, 11) is -1.92. The monoisotopic (exact) mass is 538 g/mol. The van der Waals surface area contributed by atoms with Crippen LogP contribution in [0, 0.1) is 40.4 Å². The molecule has 200 valence electrons. The standard InChI is InChI=1S/C29H50O3S2Si/c1-18(30)21-12-13-22-20-11-10-19-16-24(32-35(8,9)27(2,3)4)25(31-26(33)34-7)17-29(19,6)23(20)14-15-28(21,22)5/h19-25H,10-17H2,1-9H3/t19-,20-,21+,22-,23?,24-,25-,28+,29-/m0/s1. The van der Waals surface area contributed by atoms with Crippen LogP contribution in [0.25, 0.3) is 0 Å². The van der Waals surface area contributed by atoms with Gasteiger partial charge in [-0.2, -0.15) is 0 Å². The van der Waals surface area contributed by atoms with E-state index < -0.39 is 8.32 Å². The van der Waals surface area contributed by atoms with E-state index in [2.05, 4.69) is 47.7 Å². The highest BCUT2D eigenvalue weighted by molar-refractivity contribution is 8.22. The minimum atomic E-state index is -1.92. The minimum Gasteiger partial charge on any atom is -0.473 e. The van der Waals surface area contributed by atoms with Gasteiger partial charge < -0.3 is 9.16 Å². The molecule has 0 spiro atoms. The van der Waals surface area contributed by atoms with Gasteiger partial charge >= 0.3 is 0 Å². The summed E-state index contributed by atoms with van der Waals surface area (Å²) in [5.74, 6) is 3.59. The molecule has 0 aromatic carbocycles. The molecule has 0 amide bonds. The van der Waals surface area contributed by atoms with Crippen LogP contribution in [-0.4, -0.2) is 36.9 Å². The first-order chi connectivity index (χ1) is 16.1. The number of hydrogen-bond donors (Lipinski definition) is 0. The van der Waals surface area contributed by atoms with Crippen LogP contribution in [0.3, 0.4) is 0 Å². The second-order valence-electron chi connectivity index (χ2n) is 14.4. The molecule has 0 aliphatic heterocycles. The zero-order valence-corrected chi connectivity index (χ0v) is 26.4. The number of Topliss-reactive ketones (excluding diaryl/α,β-unsaturated/α-hetero) is 1. The first-order valence-corrected chi connectivity index (χ1v) is 18.6. The van der Waals surface area contributed by atoms with E-state index in [-0.39, 0.29) is 34.0 Å². The van der Waals surface area contributed by atoms with Crippen molar-refractivity contribution in [1.29, 1.82) is 0 Å². The van der Waals surface area contributed by atoms with Gasteiger partial charge in [-0.3, -0.25) is 4.79 Å². The van der Waals surface area contributed by atoms with Gasteiger partial charge in [0.15, 0.2) is 8.32 Å². The normalized spacial score (nSPS) is 43.6. The number of thioether (sulfide) groups is 1. The molecular formula is C29H50O3S2Si. The quantitative estimate of drug-likeness (QED) is 0.266. The van der Waals surface area contributed by atoms with Crippen molar-refractivity contribution < 1.29 is 14.0 Å². The lowest BCUT2D eigenvalue weighted by Gasteiger charge is -2.62. The van der Waals surface area contributed by atoms with E-state index >= 15 is 0 Å². The molecule has 0 heterocycles. The summed E-state index contributed by atoms with van der Waals surface area (Å²) < 4.78 is 14.2. The summed E-state index contributed by atoms with van der Waals surface area (Å²) in [5.41, 5.74) is 0.486. The van der Waals surface area contributed by atoms with Crippen LogP contribution >= 0.6 is 24.0 Å². The third kappa shape index (κ3) is 4.85. The Kier molecular flexibility index (Phi) is 7.77. The number of carbonyl (C=O) groups is 1. The SMILES string of the molecule is CSC(=S)O[C@H]1C[C@]2(C)C3CC[C@]4(C)[C@@H](C(C)=O)CC[C@H]4[C@@H]3CC[C@H]2C[C@@H]1O[Si](C)(C)C(C)(C)C. The minimum absolute atomic E-state index is 0.0472. The summed E-state index contributed by atoms with van der Waals surface area (Å²) in [5, 5.41) is 0.180. The molecule has 6 heteroatoms. The lowest BCUT2D eigenvalue weighted by atomic mass is 9.44. The third-order valence-electron chi connectivity index (χ3n) is 11.8. The Morgan fingerprint density at radius 2 is 1.66 bits per heavy atom. The molecule has 0 radical (unpaired) electrons. The molecule has 1 unspecified atom stereocenters. The molecule has 35 heavy (non-hydrogen) atoms. The van der Waals surface area contributed by atoms with E-state index in [0.717, 1.165) is 31.1 Å². The molecular weight excluding hydrogens is 489 g/mol. The smallest absolute Gasteiger partial charge is 0.220 e. The molecule has 4 rings (SSSR count). The zero-order valence-electron chi connectivity index (χ0n) is 23.7. The number of rotatable bonds is 4. The molecule has 4 aliphatic rings. The van der Waals surface area contributed by atoms with Crippen LogP contribution < -0.4 is 0 Å². The predicted molar refractivity (Wildman–Crippen MR) is 154 cm³/mol. The predicted octanol–water partition coefficient (Wildman–Crippen LogP) is 8.27. The van der Waals surface area contributed by atoms with Crippen LogP contribution in [0.4, 0.5) is 0 Å². The fourth-order valence-corrected chi connectivity index (χ4v) is 10.6. The molecule has 3 nitrogen and oxygen atoms in total. The highest BCUT2D eigenvalue weighted by atomic mass is 32.2. The number of ketones is 1. The molecule has 9 atom stereocenters. The fourth-order valence-electron chi connectivity index (χ4n) is 8.87. The van der Waals surface area contributed by atoms with Crippen molar-refractivity contribution in [2.75, 3.05) is 6.26 Å². The number of ether oxygens (including phenoxy) is 1. The van der Waals surface area contributed by atoms with Gasteiger partial charge in [0, 0.05) is 5.92 Å². The van der Waals surface area contributed by atoms with Crippen molar-refractivity contribution in [1.82, 2.24) is 0 Å². The maximum atomic E-state index is 12.5. The average Bonchev–Trinajstić information content (AvgIpc) is 3.10. The maximum absolute atomic E-state index is 12.5. The summed E-state index contributed by atoms with van der Waals surface area (Å²) in [4.78, 5) is 12.5. The summed E-state index contributed by atoms with van der Waals surface area (Å²) in [6.07, 6.45) is 11.8. The second kappa shape index (κ2) is 9.68. The third-order valence-corrected chi connectivity index (χ3v) is 17.3. The Bertz CT molecular complexity index is 838. The number of hydrogen-bond acceptors (Lipinski definition) is 5.